The van der Waals surface area contributed by atoms with Crippen LogP contribution in [0, 0.1) is 0 Å². The van der Waals surface area contributed by atoms with Gasteiger partial charge >= 0.3 is 0 Å². The third-order valence-electron chi connectivity index (χ3n) is 4.28. The van der Waals surface area contributed by atoms with Gasteiger partial charge in [-0.3, -0.25) is 9.36 Å². The molecule has 0 fully saturated rings. The SMILES string of the molecule is CCC(C)c1ccc(O)c(NC(=O)c2cccc(-n3cnnc3)c2)c1. The van der Waals surface area contributed by atoms with Crippen LogP contribution in [0.2, 0.25) is 0 Å². The lowest BCUT2D eigenvalue weighted by molar-refractivity contribution is 0.102. The Hall–Kier alpha value is -3.15. The molecule has 3 aromatic rings. The zero-order chi connectivity index (χ0) is 17.8. The number of rotatable bonds is 5. The predicted octanol–water partition coefficient (Wildman–Crippen LogP) is 3.74. The van der Waals surface area contributed by atoms with Gasteiger partial charge in [-0.1, -0.05) is 26.0 Å². The fraction of sp³-hybridized carbons (Fsp3) is 0.211. The second-order valence-electron chi connectivity index (χ2n) is 5.96. The minimum Gasteiger partial charge on any atom is -0.506 e. The van der Waals surface area contributed by atoms with E-state index in [0.717, 1.165) is 17.7 Å². The van der Waals surface area contributed by atoms with Crippen molar-refractivity contribution in [3.63, 3.8) is 0 Å². The van der Waals surface area contributed by atoms with Gasteiger partial charge < -0.3 is 10.4 Å². The summed E-state index contributed by atoms with van der Waals surface area (Å²) in [4.78, 5) is 12.6. The quantitative estimate of drug-likeness (QED) is 0.696. The first-order valence-corrected chi connectivity index (χ1v) is 8.17. The number of aromatic hydroxyl groups is 1. The van der Waals surface area contributed by atoms with Crippen molar-refractivity contribution >= 4 is 11.6 Å². The number of phenolic OH excluding ortho intramolecular Hbond substituents is 1. The highest BCUT2D eigenvalue weighted by molar-refractivity contribution is 6.05. The maximum Gasteiger partial charge on any atom is 0.255 e. The summed E-state index contributed by atoms with van der Waals surface area (Å²) in [5, 5.41) is 20.4. The number of hydrogen-bond donors (Lipinski definition) is 2. The summed E-state index contributed by atoms with van der Waals surface area (Å²) in [5.41, 5.74) is 2.76. The maximum absolute atomic E-state index is 12.6. The van der Waals surface area contributed by atoms with Crippen molar-refractivity contribution in [3.8, 4) is 11.4 Å². The first-order valence-electron chi connectivity index (χ1n) is 8.17. The molecule has 6 heteroatoms. The van der Waals surface area contributed by atoms with E-state index >= 15 is 0 Å². The Morgan fingerprint density at radius 3 is 2.68 bits per heavy atom. The second-order valence-corrected chi connectivity index (χ2v) is 5.96. The molecule has 0 aliphatic heterocycles. The van der Waals surface area contributed by atoms with Gasteiger partial charge in [-0.2, -0.15) is 0 Å². The van der Waals surface area contributed by atoms with E-state index in [0.29, 0.717) is 17.2 Å². The topological polar surface area (TPSA) is 80.0 Å². The molecule has 1 atom stereocenters. The first kappa shape index (κ1) is 16.7. The van der Waals surface area contributed by atoms with E-state index in [2.05, 4.69) is 29.4 Å². The van der Waals surface area contributed by atoms with Crippen molar-refractivity contribution in [2.24, 2.45) is 0 Å². The smallest absolute Gasteiger partial charge is 0.255 e. The van der Waals surface area contributed by atoms with Crippen molar-refractivity contribution in [2.75, 3.05) is 5.32 Å². The Kier molecular flexibility index (Phi) is 4.79. The average molecular weight is 336 g/mol. The van der Waals surface area contributed by atoms with Crippen molar-refractivity contribution < 1.29 is 9.90 Å². The highest BCUT2D eigenvalue weighted by Gasteiger charge is 2.12. The molecular formula is C19H20N4O2. The Bertz CT molecular complexity index is 875. The van der Waals surface area contributed by atoms with E-state index in [-0.39, 0.29) is 11.7 Å². The predicted molar refractivity (Wildman–Crippen MR) is 96.1 cm³/mol. The van der Waals surface area contributed by atoms with Crippen LogP contribution in [0.5, 0.6) is 5.75 Å². The van der Waals surface area contributed by atoms with Gasteiger partial charge in [0.2, 0.25) is 0 Å². The minimum absolute atomic E-state index is 0.0513. The van der Waals surface area contributed by atoms with Crippen molar-refractivity contribution in [2.45, 2.75) is 26.2 Å². The summed E-state index contributed by atoms with van der Waals surface area (Å²) < 4.78 is 1.72. The molecule has 1 unspecified atom stereocenters. The monoisotopic (exact) mass is 336 g/mol. The van der Waals surface area contributed by atoms with Gasteiger partial charge in [-0.05, 0) is 48.2 Å². The zero-order valence-electron chi connectivity index (χ0n) is 14.2. The van der Waals surface area contributed by atoms with Gasteiger partial charge in [0.05, 0.1) is 5.69 Å². The summed E-state index contributed by atoms with van der Waals surface area (Å²) in [6, 6.07) is 12.4. The number of nitrogens with one attached hydrogen (secondary N) is 1. The third-order valence-corrected chi connectivity index (χ3v) is 4.28. The molecule has 1 heterocycles. The molecule has 6 nitrogen and oxygen atoms in total. The number of phenols is 1. The molecular weight excluding hydrogens is 316 g/mol. The van der Waals surface area contributed by atoms with Crippen molar-refractivity contribution in [3.05, 3.63) is 66.2 Å². The molecule has 25 heavy (non-hydrogen) atoms. The molecule has 0 aliphatic carbocycles. The molecule has 1 aromatic heterocycles. The number of hydrogen-bond acceptors (Lipinski definition) is 4. The molecule has 128 valence electrons. The number of amides is 1. The van der Waals surface area contributed by atoms with E-state index < -0.39 is 0 Å². The third kappa shape index (κ3) is 3.68. The van der Waals surface area contributed by atoms with Crippen LogP contribution in [-0.4, -0.2) is 25.8 Å². The molecule has 2 N–H and O–H groups in total. The van der Waals surface area contributed by atoms with Crippen LogP contribution in [0.3, 0.4) is 0 Å². The molecule has 0 spiro atoms. The molecule has 0 bridgehead atoms. The van der Waals surface area contributed by atoms with E-state index in [1.54, 1.807) is 41.5 Å². The maximum atomic E-state index is 12.6. The summed E-state index contributed by atoms with van der Waals surface area (Å²) >= 11 is 0. The van der Waals surface area contributed by atoms with E-state index in [4.69, 9.17) is 0 Å². The Labute approximate surface area is 146 Å². The molecule has 2 aromatic carbocycles. The standard InChI is InChI=1S/C19H20N4O2/c1-3-13(2)14-7-8-18(24)17(10-14)22-19(25)15-5-4-6-16(9-15)23-11-20-21-12-23/h4-13,24H,3H2,1-2H3,(H,22,25). The van der Waals surface area contributed by atoms with Crippen LogP contribution in [-0.2, 0) is 0 Å². The summed E-state index contributed by atoms with van der Waals surface area (Å²) in [6.07, 6.45) is 4.12. The lowest BCUT2D eigenvalue weighted by atomic mass is 9.98. The Morgan fingerprint density at radius 2 is 1.96 bits per heavy atom. The van der Waals surface area contributed by atoms with E-state index in [9.17, 15) is 9.90 Å². The lowest BCUT2D eigenvalue weighted by Gasteiger charge is -2.13. The normalized spacial score (nSPS) is 11.9. The molecule has 0 saturated heterocycles. The van der Waals surface area contributed by atoms with Crippen LogP contribution in [0.25, 0.3) is 5.69 Å². The first-order chi connectivity index (χ1) is 12.1. The van der Waals surface area contributed by atoms with Crippen molar-refractivity contribution in [1.29, 1.82) is 0 Å². The van der Waals surface area contributed by atoms with Gasteiger partial charge in [-0.15, -0.1) is 10.2 Å². The van der Waals surface area contributed by atoms with Crippen LogP contribution in [0.4, 0.5) is 5.69 Å². The average Bonchev–Trinajstić information content (AvgIpc) is 3.17. The van der Waals surface area contributed by atoms with Gasteiger partial charge in [-0.25, -0.2) is 0 Å². The van der Waals surface area contributed by atoms with Gasteiger partial charge in [0.25, 0.3) is 5.91 Å². The molecule has 0 saturated carbocycles. The molecule has 0 aliphatic rings. The highest BCUT2D eigenvalue weighted by atomic mass is 16.3. The van der Waals surface area contributed by atoms with Crippen LogP contribution in [0.1, 0.15) is 42.1 Å². The van der Waals surface area contributed by atoms with Gasteiger partial charge in [0, 0.05) is 11.3 Å². The second kappa shape index (κ2) is 7.17. The largest absolute Gasteiger partial charge is 0.506 e. The summed E-state index contributed by atoms with van der Waals surface area (Å²) in [6.45, 7) is 4.22. The molecule has 0 radical (unpaired) electrons. The number of carbonyl (C=O) groups is 1. The number of carbonyl (C=O) groups excluding carboxylic acids is 1. The number of anilines is 1. The fourth-order valence-electron chi connectivity index (χ4n) is 2.53. The number of aromatic nitrogens is 3. The highest BCUT2D eigenvalue weighted by Crippen LogP contribution is 2.29. The Morgan fingerprint density at radius 1 is 1.20 bits per heavy atom. The minimum atomic E-state index is -0.286. The van der Waals surface area contributed by atoms with Crippen LogP contribution >= 0.6 is 0 Å². The number of nitrogens with zero attached hydrogens (tertiary/aromatic N) is 3. The fourth-order valence-corrected chi connectivity index (χ4v) is 2.53. The van der Waals surface area contributed by atoms with Gasteiger partial charge in [0.1, 0.15) is 18.4 Å². The summed E-state index contributed by atoms with van der Waals surface area (Å²) in [7, 11) is 0. The Balaban J connectivity index is 1.84. The van der Waals surface area contributed by atoms with Gasteiger partial charge in [0.15, 0.2) is 0 Å². The molecule has 3 rings (SSSR count). The van der Waals surface area contributed by atoms with Crippen LogP contribution in [0.15, 0.2) is 55.1 Å². The summed E-state index contributed by atoms with van der Waals surface area (Å²) in [5.74, 6) is 0.121. The zero-order valence-corrected chi connectivity index (χ0v) is 14.2. The van der Waals surface area contributed by atoms with E-state index in [1.165, 1.54) is 0 Å². The van der Waals surface area contributed by atoms with Crippen LogP contribution < -0.4 is 5.32 Å². The molecule has 1 amide bonds. The lowest BCUT2D eigenvalue weighted by Crippen LogP contribution is -2.12. The number of benzene rings is 2. The van der Waals surface area contributed by atoms with E-state index in [1.807, 2.05) is 18.2 Å². The van der Waals surface area contributed by atoms with Crippen molar-refractivity contribution in [1.82, 2.24) is 14.8 Å².